The number of aromatic nitrogens is 3. The van der Waals surface area contributed by atoms with E-state index in [1.54, 1.807) is 23.9 Å². The molecular formula is C8H9N3S. The zero-order valence-corrected chi connectivity index (χ0v) is 7.58. The Labute approximate surface area is 74.7 Å². The minimum absolute atomic E-state index is 0.824. The van der Waals surface area contributed by atoms with Crippen molar-refractivity contribution in [2.75, 3.05) is 0 Å². The maximum absolute atomic E-state index is 4.36. The SMILES string of the molecule is Cc1nc(Cn2ccnc2)cs1. The molecule has 0 aliphatic carbocycles. The van der Waals surface area contributed by atoms with Crippen molar-refractivity contribution in [2.45, 2.75) is 13.5 Å². The fourth-order valence-electron chi connectivity index (χ4n) is 1.05. The molecular weight excluding hydrogens is 170 g/mol. The molecule has 0 N–H and O–H groups in total. The van der Waals surface area contributed by atoms with Gasteiger partial charge in [0.2, 0.25) is 0 Å². The second kappa shape index (κ2) is 3.06. The first-order chi connectivity index (χ1) is 5.84. The summed E-state index contributed by atoms with van der Waals surface area (Å²) in [5.41, 5.74) is 1.11. The van der Waals surface area contributed by atoms with Crippen LogP contribution in [0.1, 0.15) is 10.7 Å². The Balaban J connectivity index is 2.14. The molecule has 2 aromatic heterocycles. The van der Waals surface area contributed by atoms with Gasteiger partial charge in [-0.05, 0) is 6.92 Å². The van der Waals surface area contributed by atoms with Crippen molar-refractivity contribution in [1.29, 1.82) is 0 Å². The largest absolute Gasteiger partial charge is 0.331 e. The topological polar surface area (TPSA) is 30.7 Å². The molecule has 0 saturated heterocycles. The Hall–Kier alpha value is -1.16. The molecule has 0 amide bonds. The molecule has 0 atom stereocenters. The first-order valence-corrected chi connectivity index (χ1v) is 4.59. The second-order valence-electron chi connectivity index (χ2n) is 2.59. The first-order valence-electron chi connectivity index (χ1n) is 3.71. The molecule has 4 heteroatoms. The summed E-state index contributed by atoms with van der Waals surface area (Å²) in [6, 6.07) is 0. The monoisotopic (exact) mass is 179 g/mol. The van der Waals surface area contributed by atoms with E-state index in [0.717, 1.165) is 17.2 Å². The lowest BCUT2D eigenvalue weighted by atomic mass is 10.5. The predicted octanol–water partition coefficient (Wildman–Crippen LogP) is 1.70. The molecule has 0 fully saturated rings. The zero-order chi connectivity index (χ0) is 8.39. The van der Waals surface area contributed by atoms with E-state index >= 15 is 0 Å². The van der Waals surface area contributed by atoms with Crippen LogP contribution in [0.4, 0.5) is 0 Å². The Bertz CT molecular complexity index is 350. The van der Waals surface area contributed by atoms with E-state index < -0.39 is 0 Å². The minimum atomic E-state index is 0.824. The summed E-state index contributed by atoms with van der Waals surface area (Å²) in [5, 5.41) is 3.19. The van der Waals surface area contributed by atoms with Crippen molar-refractivity contribution in [3.8, 4) is 0 Å². The van der Waals surface area contributed by atoms with Crippen LogP contribution in [0.15, 0.2) is 24.1 Å². The van der Waals surface area contributed by atoms with E-state index in [1.807, 2.05) is 17.7 Å². The lowest BCUT2D eigenvalue weighted by Gasteiger charge is -1.95. The van der Waals surface area contributed by atoms with Crippen LogP contribution in [0, 0.1) is 6.92 Å². The van der Waals surface area contributed by atoms with Gasteiger partial charge in [-0.3, -0.25) is 0 Å². The van der Waals surface area contributed by atoms with Crippen LogP contribution >= 0.6 is 11.3 Å². The molecule has 0 bridgehead atoms. The van der Waals surface area contributed by atoms with Crippen LogP contribution in [0.25, 0.3) is 0 Å². The van der Waals surface area contributed by atoms with Gasteiger partial charge in [0.15, 0.2) is 0 Å². The predicted molar refractivity (Wildman–Crippen MR) is 48.2 cm³/mol. The highest BCUT2D eigenvalue weighted by Crippen LogP contribution is 2.08. The lowest BCUT2D eigenvalue weighted by molar-refractivity contribution is 0.776. The van der Waals surface area contributed by atoms with Crippen molar-refractivity contribution in [3.63, 3.8) is 0 Å². The molecule has 0 radical (unpaired) electrons. The molecule has 62 valence electrons. The van der Waals surface area contributed by atoms with E-state index in [4.69, 9.17) is 0 Å². The van der Waals surface area contributed by atoms with E-state index in [2.05, 4.69) is 15.3 Å². The number of imidazole rings is 1. The average Bonchev–Trinajstić information content (AvgIpc) is 2.63. The summed E-state index contributed by atoms with van der Waals surface area (Å²) >= 11 is 1.68. The summed E-state index contributed by atoms with van der Waals surface area (Å²) in [6.45, 7) is 2.84. The molecule has 0 aliphatic heterocycles. The maximum Gasteiger partial charge on any atom is 0.0949 e. The van der Waals surface area contributed by atoms with Gasteiger partial charge in [-0.2, -0.15) is 0 Å². The Morgan fingerprint density at radius 1 is 1.58 bits per heavy atom. The summed E-state index contributed by atoms with van der Waals surface area (Å²) in [5.74, 6) is 0. The second-order valence-corrected chi connectivity index (χ2v) is 3.66. The normalized spacial score (nSPS) is 10.4. The zero-order valence-electron chi connectivity index (χ0n) is 6.77. The van der Waals surface area contributed by atoms with Gasteiger partial charge in [0.1, 0.15) is 0 Å². The van der Waals surface area contributed by atoms with Crippen LogP contribution < -0.4 is 0 Å². The van der Waals surface area contributed by atoms with Crippen LogP contribution in [0.2, 0.25) is 0 Å². The van der Waals surface area contributed by atoms with Gasteiger partial charge in [0, 0.05) is 17.8 Å². The van der Waals surface area contributed by atoms with E-state index in [9.17, 15) is 0 Å². The third kappa shape index (κ3) is 1.53. The highest BCUT2D eigenvalue weighted by Gasteiger charge is 1.97. The van der Waals surface area contributed by atoms with Gasteiger partial charge in [-0.15, -0.1) is 11.3 Å². The minimum Gasteiger partial charge on any atom is -0.331 e. The fourth-order valence-corrected chi connectivity index (χ4v) is 1.65. The molecule has 0 aliphatic rings. The highest BCUT2D eigenvalue weighted by atomic mass is 32.1. The number of hydrogen-bond acceptors (Lipinski definition) is 3. The van der Waals surface area contributed by atoms with Gasteiger partial charge in [-0.25, -0.2) is 9.97 Å². The standard InChI is InChI=1S/C8H9N3S/c1-7-10-8(5-12-7)4-11-3-2-9-6-11/h2-3,5-6H,4H2,1H3. The Kier molecular flexibility index (Phi) is 1.91. The van der Waals surface area contributed by atoms with Crippen molar-refractivity contribution in [1.82, 2.24) is 14.5 Å². The van der Waals surface area contributed by atoms with Crippen molar-refractivity contribution < 1.29 is 0 Å². The molecule has 2 aromatic rings. The maximum atomic E-state index is 4.36. The number of hydrogen-bond donors (Lipinski definition) is 0. The molecule has 0 unspecified atom stereocenters. The summed E-state index contributed by atoms with van der Waals surface area (Å²) in [6.07, 6.45) is 5.52. The third-order valence-corrected chi connectivity index (χ3v) is 2.39. The lowest BCUT2D eigenvalue weighted by Crippen LogP contribution is -1.96. The van der Waals surface area contributed by atoms with E-state index in [-0.39, 0.29) is 0 Å². The average molecular weight is 179 g/mol. The third-order valence-electron chi connectivity index (χ3n) is 1.57. The number of rotatable bonds is 2. The van der Waals surface area contributed by atoms with E-state index in [0.29, 0.717) is 0 Å². The van der Waals surface area contributed by atoms with Crippen LogP contribution in [-0.4, -0.2) is 14.5 Å². The molecule has 2 rings (SSSR count). The molecule has 0 aromatic carbocycles. The smallest absolute Gasteiger partial charge is 0.0949 e. The fraction of sp³-hybridized carbons (Fsp3) is 0.250. The van der Waals surface area contributed by atoms with Crippen LogP contribution in [0.5, 0.6) is 0 Å². The van der Waals surface area contributed by atoms with Gasteiger partial charge in [-0.1, -0.05) is 0 Å². The molecule has 2 heterocycles. The molecule has 0 saturated carbocycles. The highest BCUT2D eigenvalue weighted by molar-refractivity contribution is 7.09. The van der Waals surface area contributed by atoms with E-state index in [1.165, 1.54) is 0 Å². The quantitative estimate of drug-likeness (QED) is 0.702. The van der Waals surface area contributed by atoms with Crippen LogP contribution in [0.3, 0.4) is 0 Å². The molecule has 3 nitrogen and oxygen atoms in total. The van der Waals surface area contributed by atoms with Gasteiger partial charge < -0.3 is 4.57 Å². The van der Waals surface area contributed by atoms with Crippen LogP contribution in [-0.2, 0) is 6.54 Å². The summed E-state index contributed by atoms with van der Waals surface area (Å²) < 4.78 is 2.01. The number of aryl methyl sites for hydroxylation is 1. The number of nitrogens with zero attached hydrogens (tertiary/aromatic N) is 3. The first kappa shape index (κ1) is 7.49. The number of thiazole rings is 1. The van der Waals surface area contributed by atoms with Gasteiger partial charge >= 0.3 is 0 Å². The van der Waals surface area contributed by atoms with Crippen molar-refractivity contribution in [2.24, 2.45) is 0 Å². The van der Waals surface area contributed by atoms with Gasteiger partial charge in [0.05, 0.1) is 23.6 Å². The molecule has 0 spiro atoms. The summed E-state index contributed by atoms with van der Waals surface area (Å²) in [4.78, 5) is 8.32. The Morgan fingerprint density at radius 3 is 3.08 bits per heavy atom. The molecule has 12 heavy (non-hydrogen) atoms. The van der Waals surface area contributed by atoms with Gasteiger partial charge in [0.25, 0.3) is 0 Å². The van der Waals surface area contributed by atoms with Crippen molar-refractivity contribution >= 4 is 11.3 Å². The summed E-state index contributed by atoms with van der Waals surface area (Å²) in [7, 11) is 0. The van der Waals surface area contributed by atoms with Crippen molar-refractivity contribution in [3.05, 3.63) is 34.8 Å². The Morgan fingerprint density at radius 2 is 2.50 bits per heavy atom.